The van der Waals surface area contributed by atoms with Crippen LogP contribution in [0.4, 0.5) is 4.79 Å². The Kier molecular flexibility index (Phi) is 4.01. The first-order valence-electron chi connectivity index (χ1n) is 7.60. The van der Waals surface area contributed by atoms with E-state index >= 15 is 0 Å². The first-order chi connectivity index (χ1) is 10.4. The number of carbonyl (C=O) groups excluding carboxylic acids is 1. The quantitative estimate of drug-likeness (QED) is 0.808. The second-order valence-corrected chi connectivity index (χ2v) is 9.06. The highest BCUT2D eigenvalue weighted by atomic mass is 32.3. The van der Waals surface area contributed by atoms with E-state index in [2.05, 4.69) is 9.62 Å². The van der Waals surface area contributed by atoms with E-state index in [-0.39, 0.29) is 5.30 Å². The van der Waals surface area contributed by atoms with Crippen LogP contribution in [0.15, 0.2) is 33.6 Å². The topological polar surface area (TPSA) is 53.9 Å². The van der Waals surface area contributed by atoms with Crippen molar-refractivity contribution in [3.63, 3.8) is 0 Å². The number of nitrogens with zero attached hydrogens (tertiary/aromatic N) is 2. The number of benzene rings is 1. The van der Waals surface area contributed by atoms with Crippen molar-refractivity contribution in [1.82, 2.24) is 9.62 Å². The molecule has 0 amide bonds. The maximum absolute atomic E-state index is 13.1. The molecule has 3 rings (SSSR count). The molecule has 2 aliphatic rings. The minimum atomic E-state index is -2.13. The molecule has 0 aliphatic carbocycles. The van der Waals surface area contributed by atoms with Gasteiger partial charge in [0.05, 0.1) is 0 Å². The van der Waals surface area contributed by atoms with E-state index in [4.69, 9.17) is 9.13 Å². The maximum Gasteiger partial charge on any atom is 0.386 e. The van der Waals surface area contributed by atoms with Gasteiger partial charge >= 0.3 is 5.30 Å². The van der Waals surface area contributed by atoms with Gasteiger partial charge in [0.25, 0.3) is 0 Å². The lowest BCUT2D eigenvalue weighted by Crippen LogP contribution is -2.46. The van der Waals surface area contributed by atoms with Gasteiger partial charge in [-0.3, -0.25) is 0 Å². The predicted molar refractivity (Wildman–Crippen MR) is 90.6 cm³/mol. The normalized spacial score (nSPS) is 28.0. The second-order valence-electron chi connectivity index (χ2n) is 6.46. The zero-order valence-corrected chi connectivity index (χ0v) is 14.2. The zero-order chi connectivity index (χ0) is 15.8. The van der Waals surface area contributed by atoms with Crippen LogP contribution in [-0.2, 0) is 4.74 Å². The van der Waals surface area contributed by atoms with Gasteiger partial charge in [-0.1, -0.05) is 18.2 Å². The molecule has 2 heterocycles. The molecular formula is C16H23N3O2S. The molecule has 22 heavy (non-hydrogen) atoms. The number of rotatable bonds is 1. The first-order valence-corrected chi connectivity index (χ1v) is 9.15. The van der Waals surface area contributed by atoms with E-state index < -0.39 is 16.0 Å². The van der Waals surface area contributed by atoms with Gasteiger partial charge in [0.2, 0.25) is 0 Å². The Bertz CT molecular complexity index is 606. The lowest BCUT2D eigenvalue weighted by molar-refractivity contribution is 0.0719. The largest absolute Gasteiger partial charge is 0.451 e. The van der Waals surface area contributed by atoms with Crippen LogP contribution in [0.25, 0.3) is 0 Å². The van der Waals surface area contributed by atoms with Crippen LogP contribution in [0.1, 0.15) is 26.3 Å². The fourth-order valence-electron chi connectivity index (χ4n) is 2.70. The van der Waals surface area contributed by atoms with Crippen molar-refractivity contribution in [1.29, 1.82) is 0 Å². The van der Waals surface area contributed by atoms with Gasteiger partial charge in [-0.2, -0.15) is 0 Å². The van der Waals surface area contributed by atoms with Gasteiger partial charge < -0.3 is 10.1 Å². The fourth-order valence-corrected chi connectivity index (χ4v) is 5.76. The van der Waals surface area contributed by atoms with Crippen molar-refractivity contribution in [2.45, 2.75) is 31.3 Å². The predicted octanol–water partition coefficient (Wildman–Crippen LogP) is 2.95. The molecular weight excluding hydrogens is 298 g/mol. The Morgan fingerprint density at radius 1 is 1.27 bits per heavy atom. The van der Waals surface area contributed by atoms with E-state index in [0.717, 1.165) is 36.6 Å². The van der Waals surface area contributed by atoms with Crippen molar-refractivity contribution in [2.75, 3.05) is 26.2 Å². The first kappa shape index (κ1) is 15.5. The smallest absolute Gasteiger partial charge is 0.386 e. The molecule has 1 saturated heterocycles. The van der Waals surface area contributed by atoms with Gasteiger partial charge in [0.15, 0.2) is 0 Å². The number of piperazine rings is 1. The maximum atomic E-state index is 13.1. The lowest BCUT2D eigenvalue weighted by Gasteiger charge is -2.44. The van der Waals surface area contributed by atoms with Crippen molar-refractivity contribution >= 4 is 21.9 Å². The van der Waals surface area contributed by atoms with E-state index in [1.807, 2.05) is 51.3 Å². The summed E-state index contributed by atoms with van der Waals surface area (Å²) in [7, 11) is -2.13. The number of hydrogen-bond acceptors (Lipinski definition) is 5. The van der Waals surface area contributed by atoms with Crippen molar-refractivity contribution < 1.29 is 9.53 Å². The number of fused-ring (bicyclic) bond motifs is 1. The summed E-state index contributed by atoms with van der Waals surface area (Å²) in [6.07, 6.45) is 1.83. The average Bonchev–Trinajstić information content (AvgIpc) is 2.87. The molecule has 0 aromatic heterocycles. The molecule has 0 bridgehead atoms. The molecule has 5 nitrogen and oxygen atoms in total. The van der Waals surface area contributed by atoms with Crippen LogP contribution in [0.5, 0.6) is 0 Å². The molecule has 120 valence electrons. The lowest BCUT2D eigenvalue weighted by atomic mass is 10.2. The van der Waals surface area contributed by atoms with Crippen molar-refractivity contribution in [3.05, 3.63) is 29.8 Å². The van der Waals surface area contributed by atoms with Crippen molar-refractivity contribution in [2.24, 2.45) is 4.40 Å². The summed E-state index contributed by atoms with van der Waals surface area (Å²) >= 11 is 0. The minimum absolute atomic E-state index is 0.205. The second kappa shape index (κ2) is 5.68. The molecule has 1 aromatic rings. The van der Waals surface area contributed by atoms with Gasteiger partial charge in [0, 0.05) is 53.3 Å². The van der Waals surface area contributed by atoms with Crippen LogP contribution < -0.4 is 5.32 Å². The summed E-state index contributed by atoms with van der Waals surface area (Å²) in [5, 5.41) is 3.13. The van der Waals surface area contributed by atoms with Gasteiger partial charge in [-0.05, 0) is 26.8 Å². The van der Waals surface area contributed by atoms with E-state index in [1.165, 1.54) is 0 Å². The average molecular weight is 321 g/mol. The van der Waals surface area contributed by atoms with E-state index in [9.17, 15) is 4.79 Å². The number of nitrogens with one attached hydrogen (secondary N) is 1. The summed E-state index contributed by atoms with van der Waals surface area (Å²) in [6, 6.07) is 7.98. The highest BCUT2D eigenvalue weighted by Crippen LogP contribution is 2.65. The third-order valence-electron chi connectivity index (χ3n) is 3.64. The Balaban J connectivity index is 2.04. The highest BCUT2D eigenvalue weighted by Gasteiger charge is 2.47. The van der Waals surface area contributed by atoms with E-state index in [1.54, 1.807) is 0 Å². The number of hydrogen-bond donors (Lipinski definition) is 1. The van der Waals surface area contributed by atoms with Crippen LogP contribution in [0.2, 0.25) is 0 Å². The monoisotopic (exact) mass is 321 g/mol. The molecule has 1 unspecified atom stereocenters. The zero-order valence-electron chi connectivity index (χ0n) is 13.3. The Hall–Kier alpha value is -1.37. The van der Waals surface area contributed by atoms with Gasteiger partial charge in [0.1, 0.15) is 5.60 Å². The van der Waals surface area contributed by atoms with Crippen LogP contribution in [0.3, 0.4) is 0 Å². The Morgan fingerprint density at radius 2 is 1.95 bits per heavy atom. The molecule has 1 fully saturated rings. The molecule has 2 aliphatic heterocycles. The standard InChI is InChI=1S/C16H23N3O2S/c1-16(2,3)21-15(20)22(19-10-8-17-9-11-19)14-7-5-4-6-13(14)12-18-22/h4-7,12,17H,8-11H2,1-3H3. The van der Waals surface area contributed by atoms with Crippen LogP contribution in [-0.4, -0.2) is 47.6 Å². The Morgan fingerprint density at radius 3 is 2.64 bits per heavy atom. The summed E-state index contributed by atoms with van der Waals surface area (Å²) in [4.78, 5) is 14.1. The van der Waals surface area contributed by atoms with Crippen LogP contribution in [0, 0.1) is 0 Å². The Labute approximate surface area is 133 Å². The molecule has 1 N–H and O–H groups in total. The van der Waals surface area contributed by atoms with Gasteiger partial charge in [-0.25, -0.2) is 13.5 Å². The molecule has 0 saturated carbocycles. The van der Waals surface area contributed by atoms with E-state index in [0.29, 0.717) is 0 Å². The van der Waals surface area contributed by atoms with Crippen molar-refractivity contribution in [3.8, 4) is 0 Å². The molecule has 1 aromatic carbocycles. The molecule has 0 radical (unpaired) electrons. The van der Waals surface area contributed by atoms with Gasteiger partial charge in [-0.15, -0.1) is 0 Å². The fraction of sp³-hybridized carbons (Fsp3) is 0.500. The molecule has 6 heteroatoms. The number of carbonyl (C=O) groups is 1. The summed E-state index contributed by atoms with van der Waals surface area (Å²) in [5.74, 6) is 0. The molecule has 1 atom stereocenters. The summed E-state index contributed by atoms with van der Waals surface area (Å²) in [6.45, 7) is 9.06. The third kappa shape index (κ3) is 2.66. The number of ether oxygens (including phenoxy) is 1. The SMILES string of the molecule is CC(C)(C)OC(=O)S1(N2CCNCC2)N=Cc2ccccc21. The summed E-state index contributed by atoms with van der Waals surface area (Å²) < 4.78 is 12.7. The highest BCUT2D eigenvalue weighted by molar-refractivity contribution is 8.42. The summed E-state index contributed by atoms with van der Waals surface area (Å²) in [5.41, 5.74) is 0.514. The van der Waals surface area contributed by atoms with Crippen LogP contribution >= 0.6 is 10.4 Å². The minimum Gasteiger partial charge on any atom is -0.451 e. The third-order valence-corrected chi connectivity index (χ3v) is 6.70. The molecule has 0 spiro atoms.